The van der Waals surface area contributed by atoms with Crippen LogP contribution in [0.15, 0.2) is 0 Å². The second kappa shape index (κ2) is 6.24. The van der Waals surface area contributed by atoms with Crippen LogP contribution < -0.4 is 5.32 Å². The Bertz CT molecular complexity index is 224. The van der Waals surface area contributed by atoms with Crippen LogP contribution in [0.4, 0.5) is 0 Å². The Morgan fingerprint density at radius 3 is 2.44 bits per heavy atom. The SMILES string of the molecule is CCN(C(=O)CNC(C)CC(C)C)C1CC1. The van der Waals surface area contributed by atoms with Gasteiger partial charge in [-0.15, -0.1) is 0 Å². The number of amides is 1. The van der Waals surface area contributed by atoms with Crippen molar-refractivity contribution < 1.29 is 4.79 Å². The van der Waals surface area contributed by atoms with E-state index in [1.807, 2.05) is 4.90 Å². The first-order valence-corrected chi connectivity index (χ1v) is 6.57. The zero-order valence-corrected chi connectivity index (χ0v) is 11.1. The molecule has 0 aromatic carbocycles. The molecule has 0 heterocycles. The average Bonchev–Trinajstić information content (AvgIpc) is 2.99. The average molecular weight is 226 g/mol. The molecule has 1 aliphatic rings. The summed E-state index contributed by atoms with van der Waals surface area (Å²) in [6, 6.07) is 0.974. The number of rotatable bonds is 7. The Balaban J connectivity index is 2.22. The number of carbonyl (C=O) groups excluding carboxylic acids is 1. The number of nitrogens with zero attached hydrogens (tertiary/aromatic N) is 1. The summed E-state index contributed by atoms with van der Waals surface area (Å²) in [5.74, 6) is 0.948. The molecule has 0 spiro atoms. The van der Waals surface area contributed by atoms with Crippen molar-refractivity contribution in [3.63, 3.8) is 0 Å². The van der Waals surface area contributed by atoms with E-state index in [1.165, 1.54) is 12.8 Å². The van der Waals surface area contributed by atoms with Crippen LogP contribution in [0.25, 0.3) is 0 Å². The van der Waals surface area contributed by atoms with Gasteiger partial charge in [-0.05, 0) is 39.0 Å². The summed E-state index contributed by atoms with van der Waals surface area (Å²) in [5, 5.41) is 3.32. The fraction of sp³-hybridized carbons (Fsp3) is 0.923. The lowest BCUT2D eigenvalue weighted by molar-refractivity contribution is -0.130. The molecule has 0 radical (unpaired) electrons. The summed E-state index contributed by atoms with van der Waals surface area (Å²) in [4.78, 5) is 13.9. The molecule has 16 heavy (non-hydrogen) atoms. The summed E-state index contributed by atoms with van der Waals surface area (Å²) >= 11 is 0. The van der Waals surface area contributed by atoms with Crippen molar-refractivity contribution >= 4 is 5.91 Å². The topological polar surface area (TPSA) is 32.3 Å². The first-order valence-electron chi connectivity index (χ1n) is 6.57. The van der Waals surface area contributed by atoms with Crippen molar-refractivity contribution in [3.8, 4) is 0 Å². The van der Waals surface area contributed by atoms with E-state index in [4.69, 9.17) is 0 Å². The third-order valence-corrected chi connectivity index (χ3v) is 3.08. The molecule has 0 saturated heterocycles. The molecule has 3 nitrogen and oxygen atoms in total. The molecule has 3 heteroatoms. The van der Waals surface area contributed by atoms with Gasteiger partial charge >= 0.3 is 0 Å². The van der Waals surface area contributed by atoms with Crippen LogP contribution in [0.2, 0.25) is 0 Å². The molecule has 1 rings (SSSR count). The summed E-state index contributed by atoms with van der Waals surface area (Å²) in [6.07, 6.45) is 3.52. The van der Waals surface area contributed by atoms with Gasteiger partial charge in [-0.2, -0.15) is 0 Å². The summed E-state index contributed by atoms with van der Waals surface area (Å²) in [6.45, 7) is 9.99. The second-order valence-corrected chi connectivity index (χ2v) is 5.32. The minimum absolute atomic E-state index is 0.264. The van der Waals surface area contributed by atoms with Crippen LogP contribution in [0.3, 0.4) is 0 Å². The summed E-state index contributed by atoms with van der Waals surface area (Å²) in [7, 11) is 0. The van der Waals surface area contributed by atoms with Crippen molar-refractivity contribution in [3.05, 3.63) is 0 Å². The quantitative estimate of drug-likeness (QED) is 0.720. The Kier molecular flexibility index (Phi) is 5.26. The van der Waals surface area contributed by atoms with Gasteiger partial charge in [-0.1, -0.05) is 13.8 Å². The minimum Gasteiger partial charge on any atom is -0.339 e. The van der Waals surface area contributed by atoms with Crippen LogP contribution in [0.5, 0.6) is 0 Å². The Labute approximate surface area is 99.6 Å². The first kappa shape index (κ1) is 13.5. The van der Waals surface area contributed by atoms with Gasteiger partial charge in [-0.3, -0.25) is 4.79 Å². The standard InChI is InChI=1S/C13H26N2O/c1-5-15(12-6-7-12)13(16)9-14-11(4)8-10(2)3/h10-12,14H,5-9H2,1-4H3. The maximum atomic E-state index is 11.9. The number of hydrogen-bond acceptors (Lipinski definition) is 2. The van der Waals surface area contributed by atoms with Crippen molar-refractivity contribution in [2.24, 2.45) is 5.92 Å². The zero-order chi connectivity index (χ0) is 12.1. The van der Waals surface area contributed by atoms with Crippen molar-refractivity contribution in [1.82, 2.24) is 10.2 Å². The lowest BCUT2D eigenvalue weighted by Crippen LogP contribution is -2.42. The highest BCUT2D eigenvalue weighted by Crippen LogP contribution is 2.26. The molecule has 1 amide bonds. The van der Waals surface area contributed by atoms with E-state index in [0.29, 0.717) is 24.5 Å². The van der Waals surface area contributed by atoms with Crippen molar-refractivity contribution in [1.29, 1.82) is 0 Å². The maximum Gasteiger partial charge on any atom is 0.236 e. The monoisotopic (exact) mass is 226 g/mol. The Morgan fingerprint density at radius 1 is 1.38 bits per heavy atom. The number of hydrogen-bond donors (Lipinski definition) is 1. The molecule has 0 aromatic heterocycles. The van der Waals surface area contributed by atoms with Gasteiger partial charge in [0.25, 0.3) is 0 Å². The van der Waals surface area contributed by atoms with Gasteiger partial charge in [0.1, 0.15) is 0 Å². The molecule has 1 unspecified atom stereocenters. The highest BCUT2D eigenvalue weighted by atomic mass is 16.2. The van der Waals surface area contributed by atoms with E-state index >= 15 is 0 Å². The molecule has 1 aliphatic carbocycles. The zero-order valence-electron chi connectivity index (χ0n) is 11.1. The third kappa shape index (κ3) is 4.52. The van der Waals surface area contributed by atoms with Crippen LogP contribution >= 0.6 is 0 Å². The van der Waals surface area contributed by atoms with E-state index in [2.05, 4.69) is 33.0 Å². The number of nitrogens with one attached hydrogen (secondary N) is 1. The number of carbonyl (C=O) groups is 1. The van der Waals surface area contributed by atoms with Gasteiger partial charge in [0.05, 0.1) is 6.54 Å². The van der Waals surface area contributed by atoms with Gasteiger partial charge in [0.15, 0.2) is 0 Å². The molecular weight excluding hydrogens is 200 g/mol. The van der Waals surface area contributed by atoms with E-state index < -0.39 is 0 Å². The van der Waals surface area contributed by atoms with Gasteiger partial charge < -0.3 is 10.2 Å². The molecule has 94 valence electrons. The Morgan fingerprint density at radius 2 is 2.00 bits per heavy atom. The largest absolute Gasteiger partial charge is 0.339 e. The highest BCUT2D eigenvalue weighted by molar-refractivity contribution is 5.78. The van der Waals surface area contributed by atoms with Crippen LogP contribution in [0, 0.1) is 5.92 Å². The third-order valence-electron chi connectivity index (χ3n) is 3.08. The lowest BCUT2D eigenvalue weighted by Gasteiger charge is -2.22. The predicted molar refractivity (Wildman–Crippen MR) is 67.3 cm³/mol. The fourth-order valence-corrected chi connectivity index (χ4v) is 2.18. The van der Waals surface area contributed by atoms with Crippen LogP contribution in [0.1, 0.15) is 47.0 Å². The second-order valence-electron chi connectivity index (χ2n) is 5.32. The fourth-order valence-electron chi connectivity index (χ4n) is 2.18. The molecule has 0 aliphatic heterocycles. The lowest BCUT2D eigenvalue weighted by atomic mass is 10.1. The van der Waals surface area contributed by atoms with E-state index in [1.54, 1.807) is 0 Å². The van der Waals surface area contributed by atoms with E-state index in [9.17, 15) is 4.79 Å². The molecule has 0 aromatic rings. The van der Waals surface area contributed by atoms with Gasteiger partial charge in [-0.25, -0.2) is 0 Å². The van der Waals surface area contributed by atoms with E-state index in [-0.39, 0.29) is 5.91 Å². The highest BCUT2D eigenvalue weighted by Gasteiger charge is 2.30. The Hall–Kier alpha value is -0.570. The molecular formula is C13H26N2O. The van der Waals surface area contributed by atoms with Crippen molar-refractivity contribution in [2.45, 2.75) is 59.0 Å². The number of likely N-dealkylation sites (N-methyl/N-ethyl adjacent to an activating group) is 1. The maximum absolute atomic E-state index is 11.9. The predicted octanol–water partition coefficient (Wildman–Crippen LogP) is 2.02. The summed E-state index contributed by atoms with van der Waals surface area (Å²) < 4.78 is 0. The van der Waals surface area contributed by atoms with Crippen LogP contribution in [-0.4, -0.2) is 36.0 Å². The molecule has 1 fully saturated rings. The normalized spacial score (nSPS) is 17.6. The minimum atomic E-state index is 0.264. The van der Waals surface area contributed by atoms with Crippen molar-refractivity contribution in [2.75, 3.05) is 13.1 Å². The molecule has 0 bridgehead atoms. The smallest absolute Gasteiger partial charge is 0.236 e. The first-order chi connectivity index (χ1) is 7.54. The molecule has 1 atom stereocenters. The van der Waals surface area contributed by atoms with Gasteiger partial charge in [0, 0.05) is 18.6 Å². The summed E-state index contributed by atoms with van der Waals surface area (Å²) in [5.41, 5.74) is 0. The van der Waals surface area contributed by atoms with E-state index in [0.717, 1.165) is 13.0 Å². The molecule has 1 saturated carbocycles. The van der Waals surface area contributed by atoms with Gasteiger partial charge in [0.2, 0.25) is 5.91 Å². The molecule has 1 N–H and O–H groups in total. The van der Waals surface area contributed by atoms with Crippen LogP contribution in [-0.2, 0) is 4.79 Å².